The van der Waals surface area contributed by atoms with Gasteiger partial charge in [-0.3, -0.25) is 4.79 Å². The molecular formula is C20H26N4O2. The molecule has 1 amide bonds. The molecule has 0 unspecified atom stereocenters. The van der Waals surface area contributed by atoms with Crippen LogP contribution in [0.3, 0.4) is 0 Å². The second kappa shape index (κ2) is 8.67. The standard InChI is InChI=1S/C20H26N4O2/c1-23-11-13-24(14-12-23)20(25)17-8-10-22-19(15-17)21-9-7-16-3-5-18(26-2)6-4-16/h3-6,8,10,15H,7,9,11-14H2,1-2H3,(H,21,22). The maximum atomic E-state index is 12.7. The highest BCUT2D eigenvalue weighted by molar-refractivity contribution is 5.94. The molecular weight excluding hydrogens is 328 g/mol. The highest BCUT2D eigenvalue weighted by atomic mass is 16.5. The van der Waals surface area contributed by atoms with Crippen LogP contribution in [0.1, 0.15) is 15.9 Å². The third-order valence-electron chi connectivity index (χ3n) is 4.68. The molecule has 1 saturated heterocycles. The highest BCUT2D eigenvalue weighted by Crippen LogP contribution is 2.13. The molecule has 1 aromatic carbocycles. The number of nitrogens with one attached hydrogen (secondary N) is 1. The van der Waals surface area contributed by atoms with E-state index in [1.807, 2.05) is 23.1 Å². The molecule has 1 aromatic heterocycles. The van der Waals surface area contributed by atoms with E-state index in [0.29, 0.717) is 5.56 Å². The lowest BCUT2D eigenvalue weighted by atomic mass is 10.1. The van der Waals surface area contributed by atoms with E-state index in [4.69, 9.17) is 4.74 Å². The Balaban J connectivity index is 1.54. The van der Waals surface area contributed by atoms with Crippen LogP contribution in [0.5, 0.6) is 5.75 Å². The molecule has 2 aromatic rings. The zero-order valence-corrected chi connectivity index (χ0v) is 15.4. The molecule has 6 heteroatoms. The van der Waals surface area contributed by atoms with E-state index in [1.54, 1.807) is 19.4 Å². The van der Waals surface area contributed by atoms with Gasteiger partial charge in [0.25, 0.3) is 5.91 Å². The molecule has 1 aliphatic rings. The van der Waals surface area contributed by atoms with Gasteiger partial charge < -0.3 is 19.9 Å². The first-order chi connectivity index (χ1) is 12.7. The fraction of sp³-hybridized carbons (Fsp3) is 0.400. The molecule has 3 rings (SSSR count). The first-order valence-electron chi connectivity index (χ1n) is 8.96. The molecule has 1 N–H and O–H groups in total. The van der Waals surface area contributed by atoms with Crippen molar-refractivity contribution < 1.29 is 9.53 Å². The zero-order chi connectivity index (χ0) is 18.4. The SMILES string of the molecule is COc1ccc(CCNc2cc(C(=O)N3CCN(C)CC3)ccn2)cc1. The Morgan fingerprint density at radius 2 is 1.88 bits per heavy atom. The number of piperazine rings is 1. The topological polar surface area (TPSA) is 57.7 Å². The summed E-state index contributed by atoms with van der Waals surface area (Å²) in [5.41, 5.74) is 1.92. The van der Waals surface area contributed by atoms with E-state index < -0.39 is 0 Å². The van der Waals surface area contributed by atoms with Crippen molar-refractivity contribution in [1.29, 1.82) is 0 Å². The number of carbonyl (C=O) groups is 1. The zero-order valence-electron chi connectivity index (χ0n) is 15.4. The maximum absolute atomic E-state index is 12.7. The summed E-state index contributed by atoms with van der Waals surface area (Å²) in [6.45, 7) is 4.15. The highest BCUT2D eigenvalue weighted by Gasteiger charge is 2.20. The largest absolute Gasteiger partial charge is 0.497 e. The number of anilines is 1. The Morgan fingerprint density at radius 1 is 1.15 bits per heavy atom. The van der Waals surface area contributed by atoms with Gasteiger partial charge in [0, 0.05) is 44.5 Å². The van der Waals surface area contributed by atoms with Crippen molar-refractivity contribution in [3.8, 4) is 5.75 Å². The number of methoxy groups -OCH3 is 1. The number of pyridine rings is 1. The first-order valence-corrected chi connectivity index (χ1v) is 8.96. The van der Waals surface area contributed by atoms with E-state index in [-0.39, 0.29) is 5.91 Å². The van der Waals surface area contributed by atoms with E-state index in [1.165, 1.54) is 5.56 Å². The fourth-order valence-corrected chi connectivity index (χ4v) is 2.98. The van der Waals surface area contributed by atoms with Crippen molar-refractivity contribution in [1.82, 2.24) is 14.8 Å². The lowest BCUT2D eigenvalue weighted by Gasteiger charge is -2.32. The Labute approximate surface area is 154 Å². The van der Waals surface area contributed by atoms with E-state index in [9.17, 15) is 4.79 Å². The number of rotatable bonds is 6. The predicted molar refractivity (Wildman–Crippen MR) is 103 cm³/mol. The van der Waals surface area contributed by atoms with Gasteiger partial charge in [-0.15, -0.1) is 0 Å². The van der Waals surface area contributed by atoms with Crippen molar-refractivity contribution in [2.24, 2.45) is 0 Å². The number of aromatic nitrogens is 1. The Kier molecular flexibility index (Phi) is 6.07. The van der Waals surface area contributed by atoms with Gasteiger partial charge >= 0.3 is 0 Å². The van der Waals surface area contributed by atoms with Crippen LogP contribution in [0, 0.1) is 0 Å². The van der Waals surface area contributed by atoms with Gasteiger partial charge in [-0.05, 0) is 43.3 Å². The molecule has 26 heavy (non-hydrogen) atoms. The normalized spacial score (nSPS) is 14.9. The van der Waals surface area contributed by atoms with Gasteiger partial charge in [0.2, 0.25) is 0 Å². The Hall–Kier alpha value is -2.60. The van der Waals surface area contributed by atoms with Crippen LogP contribution in [0.25, 0.3) is 0 Å². The molecule has 1 fully saturated rings. The van der Waals surface area contributed by atoms with E-state index >= 15 is 0 Å². The number of hydrogen-bond donors (Lipinski definition) is 1. The summed E-state index contributed by atoms with van der Waals surface area (Å²) in [5, 5.41) is 3.31. The number of amides is 1. The van der Waals surface area contributed by atoms with Gasteiger partial charge in [0.15, 0.2) is 0 Å². The third kappa shape index (κ3) is 4.73. The van der Waals surface area contributed by atoms with Crippen molar-refractivity contribution >= 4 is 11.7 Å². The quantitative estimate of drug-likeness (QED) is 0.861. The van der Waals surface area contributed by atoms with Crippen LogP contribution in [0.15, 0.2) is 42.6 Å². The minimum atomic E-state index is 0.0821. The van der Waals surface area contributed by atoms with Gasteiger partial charge in [0.05, 0.1) is 7.11 Å². The monoisotopic (exact) mass is 354 g/mol. The molecule has 1 aliphatic heterocycles. The predicted octanol–water partition coefficient (Wildman–Crippen LogP) is 2.13. The summed E-state index contributed by atoms with van der Waals surface area (Å²) in [6, 6.07) is 11.7. The molecule has 0 saturated carbocycles. The second-order valence-corrected chi connectivity index (χ2v) is 6.55. The van der Waals surface area contributed by atoms with Crippen LogP contribution >= 0.6 is 0 Å². The van der Waals surface area contributed by atoms with Gasteiger partial charge in [0.1, 0.15) is 11.6 Å². The van der Waals surface area contributed by atoms with Gasteiger partial charge in [-0.25, -0.2) is 4.98 Å². The number of hydrogen-bond acceptors (Lipinski definition) is 5. The van der Waals surface area contributed by atoms with E-state index in [2.05, 4.69) is 34.4 Å². The molecule has 0 bridgehead atoms. The summed E-state index contributed by atoms with van der Waals surface area (Å²) in [4.78, 5) is 21.1. The lowest BCUT2D eigenvalue weighted by Crippen LogP contribution is -2.47. The molecule has 0 aliphatic carbocycles. The maximum Gasteiger partial charge on any atom is 0.254 e. The van der Waals surface area contributed by atoms with Crippen molar-refractivity contribution in [3.63, 3.8) is 0 Å². The molecule has 6 nitrogen and oxygen atoms in total. The van der Waals surface area contributed by atoms with Crippen molar-refractivity contribution in [3.05, 3.63) is 53.7 Å². The van der Waals surface area contributed by atoms with Crippen LogP contribution in [-0.2, 0) is 6.42 Å². The summed E-state index contributed by atoms with van der Waals surface area (Å²) in [5.74, 6) is 1.68. The molecule has 138 valence electrons. The number of likely N-dealkylation sites (N-methyl/N-ethyl adjacent to an activating group) is 1. The number of benzene rings is 1. The molecule has 0 radical (unpaired) electrons. The lowest BCUT2D eigenvalue weighted by molar-refractivity contribution is 0.0664. The Bertz CT molecular complexity index is 725. The molecule has 0 spiro atoms. The van der Waals surface area contributed by atoms with E-state index in [0.717, 1.165) is 50.7 Å². The minimum Gasteiger partial charge on any atom is -0.497 e. The van der Waals surface area contributed by atoms with Gasteiger partial charge in [-0.2, -0.15) is 0 Å². The molecule has 2 heterocycles. The number of nitrogens with zero attached hydrogens (tertiary/aromatic N) is 3. The average Bonchev–Trinajstić information content (AvgIpc) is 2.69. The third-order valence-corrected chi connectivity index (χ3v) is 4.68. The van der Waals surface area contributed by atoms with Crippen LogP contribution < -0.4 is 10.1 Å². The fourth-order valence-electron chi connectivity index (χ4n) is 2.98. The van der Waals surface area contributed by atoms with Crippen LogP contribution in [0.2, 0.25) is 0 Å². The van der Waals surface area contributed by atoms with Crippen LogP contribution in [0.4, 0.5) is 5.82 Å². The summed E-state index contributed by atoms with van der Waals surface area (Å²) in [6.07, 6.45) is 2.57. The van der Waals surface area contributed by atoms with Crippen molar-refractivity contribution in [2.45, 2.75) is 6.42 Å². The average molecular weight is 354 g/mol. The summed E-state index contributed by atoms with van der Waals surface area (Å²) in [7, 11) is 3.75. The number of carbonyl (C=O) groups excluding carboxylic acids is 1. The molecule has 0 atom stereocenters. The minimum absolute atomic E-state index is 0.0821. The smallest absolute Gasteiger partial charge is 0.254 e. The summed E-state index contributed by atoms with van der Waals surface area (Å²) >= 11 is 0. The first kappa shape index (κ1) is 18.2. The van der Waals surface area contributed by atoms with Crippen LogP contribution in [-0.4, -0.2) is 67.6 Å². The summed E-state index contributed by atoms with van der Waals surface area (Å²) < 4.78 is 5.17. The van der Waals surface area contributed by atoms with Gasteiger partial charge in [-0.1, -0.05) is 12.1 Å². The van der Waals surface area contributed by atoms with Crippen molar-refractivity contribution in [2.75, 3.05) is 52.2 Å². The second-order valence-electron chi connectivity index (χ2n) is 6.55. The Morgan fingerprint density at radius 3 is 2.58 bits per heavy atom. The number of ether oxygens (including phenoxy) is 1.